The van der Waals surface area contributed by atoms with E-state index in [0.717, 1.165) is 5.56 Å². The van der Waals surface area contributed by atoms with Gasteiger partial charge in [0.25, 0.3) is 5.91 Å². The van der Waals surface area contributed by atoms with Crippen LogP contribution in [0.1, 0.15) is 36.9 Å². The van der Waals surface area contributed by atoms with Gasteiger partial charge in [-0.05, 0) is 49.6 Å². The van der Waals surface area contributed by atoms with Crippen LogP contribution in [0.25, 0.3) is 0 Å². The molecule has 2 atom stereocenters. The summed E-state index contributed by atoms with van der Waals surface area (Å²) in [5.41, 5.74) is 5.86. The van der Waals surface area contributed by atoms with Crippen LogP contribution < -0.4 is 11.1 Å². The first-order valence-electron chi connectivity index (χ1n) is 10.7. The lowest BCUT2D eigenvalue weighted by Crippen LogP contribution is -2.54. The number of fused-ring (bicyclic) bond motifs is 2. The fraction of sp³-hybridized carbons (Fsp3) is 0.292. The maximum atomic E-state index is 15.1. The molecule has 4 rings (SSSR count). The Hall–Kier alpha value is -3.10. The molecular weight excluding hydrogens is 482 g/mol. The summed E-state index contributed by atoms with van der Waals surface area (Å²) >= 11 is 12.1. The number of carbonyl (C=O) groups excluding carboxylic acids is 2. The van der Waals surface area contributed by atoms with Crippen LogP contribution in [0.4, 0.5) is 14.9 Å². The molecule has 0 aliphatic carbocycles. The number of piperidine rings is 1. The van der Waals surface area contributed by atoms with Crippen molar-refractivity contribution in [1.29, 1.82) is 0 Å². The maximum Gasteiger partial charge on any atom is 0.412 e. The molecule has 0 bridgehead atoms. The molecule has 178 valence electrons. The van der Waals surface area contributed by atoms with E-state index < -0.39 is 23.4 Å². The zero-order valence-corrected chi connectivity index (χ0v) is 19.9. The Morgan fingerprint density at radius 2 is 2.15 bits per heavy atom. The molecule has 2 amide bonds. The first-order valence-corrected chi connectivity index (χ1v) is 11.5. The Kier molecular flexibility index (Phi) is 6.81. The molecule has 1 spiro atoms. The van der Waals surface area contributed by atoms with E-state index in [-0.39, 0.29) is 34.4 Å². The quantitative estimate of drug-likeness (QED) is 0.442. The Morgan fingerprint density at radius 3 is 2.88 bits per heavy atom. The summed E-state index contributed by atoms with van der Waals surface area (Å²) in [4.78, 5) is 31.5. The minimum absolute atomic E-state index is 0.0431. The van der Waals surface area contributed by atoms with E-state index in [1.165, 1.54) is 29.4 Å². The topological polar surface area (TPSA) is 97.0 Å². The van der Waals surface area contributed by atoms with Crippen LogP contribution in [0.15, 0.2) is 53.2 Å². The van der Waals surface area contributed by atoms with Gasteiger partial charge in [0.05, 0.1) is 34.4 Å². The lowest BCUT2D eigenvalue weighted by Gasteiger charge is -2.45. The van der Waals surface area contributed by atoms with Gasteiger partial charge in [-0.2, -0.15) is 0 Å². The number of nitrogens with zero attached hydrogens (tertiary/aromatic N) is 2. The molecule has 2 aromatic carbocycles. The number of likely N-dealkylation sites (tertiary alicyclic amines) is 1. The molecule has 7 nitrogen and oxygen atoms in total. The number of hydrogen-bond donors (Lipinski definition) is 2. The summed E-state index contributed by atoms with van der Waals surface area (Å²) in [6, 6.07) is 9.91. The largest absolute Gasteiger partial charge is 0.436 e. The Morgan fingerprint density at radius 1 is 1.35 bits per heavy atom. The number of hydrogen-bond acceptors (Lipinski definition) is 5. The molecule has 3 N–H and O–H groups in total. The van der Waals surface area contributed by atoms with Crippen LogP contribution in [0.5, 0.6) is 0 Å². The average Bonchev–Trinajstić information content (AvgIpc) is 2.81. The van der Waals surface area contributed by atoms with Crippen LogP contribution >= 0.6 is 23.2 Å². The Bertz CT molecular complexity index is 1200. The fourth-order valence-corrected chi connectivity index (χ4v) is 4.70. The minimum atomic E-state index is -1.36. The van der Waals surface area contributed by atoms with Gasteiger partial charge in [-0.3, -0.25) is 15.1 Å². The lowest BCUT2D eigenvalue weighted by atomic mass is 9.83. The smallest absolute Gasteiger partial charge is 0.412 e. The molecule has 0 saturated carbocycles. The van der Waals surface area contributed by atoms with Crippen molar-refractivity contribution in [1.82, 2.24) is 4.90 Å². The van der Waals surface area contributed by atoms with Crippen molar-refractivity contribution in [3.8, 4) is 0 Å². The second-order valence-corrected chi connectivity index (χ2v) is 9.10. The third kappa shape index (κ3) is 4.60. The van der Waals surface area contributed by atoms with Crippen molar-refractivity contribution in [3.05, 3.63) is 75.2 Å². The van der Waals surface area contributed by atoms with Crippen LogP contribution in [0, 0.1) is 5.82 Å². The molecule has 0 aromatic heterocycles. The number of nitrogens with two attached hydrogens (primary N) is 1. The molecule has 1 fully saturated rings. The highest BCUT2D eigenvalue weighted by molar-refractivity contribution is 6.31. The summed E-state index contributed by atoms with van der Waals surface area (Å²) in [6.07, 6.45) is 2.70. The van der Waals surface area contributed by atoms with Gasteiger partial charge in [0, 0.05) is 24.0 Å². The number of aliphatic imine (C=N–C) groups is 1. The van der Waals surface area contributed by atoms with Gasteiger partial charge >= 0.3 is 6.09 Å². The Balaban J connectivity index is 1.58. The second-order valence-electron chi connectivity index (χ2n) is 8.25. The highest BCUT2D eigenvalue weighted by atomic mass is 35.5. The zero-order valence-electron chi connectivity index (χ0n) is 18.4. The molecule has 0 unspecified atom stereocenters. The molecule has 2 aromatic rings. The zero-order chi connectivity index (χ0) is 24.5. The van der Waals surface area contributed by atoms with Gasteiger partial charge in [0.15, 0.2) is 11.4 Å². The van der Waals surface area contributed by atoms with Crippen molar-refractivity contribution in [2.24, 2.45) is 10.7 Å². The van der Waals surface area contributed by atoms with Gasteiger partial charge in [0.2, 0.25) is 0 Å². The van der Waals surface area contributed by atoms with Crippen molar-refractivity contribution in [2.45, 2.75) is 31.4 Å². The predicted molar refractivity (Wildman–Crippen MR) is 130 cm³/mol. The fourth-order valence-electron chi connectivity index (χ4n) is 4.34. The van der Waals surface area contributed by atoms with Crippen LogP contribution in [-0.2, 0) is 15.1 Å². The van der Waals surface area contributed by atoms with Crippen LogP contribution in [-0.4, -0.2) is 36.2 Å². The molecule has 0 radical (unpaired) electrons. The first-order chi connectivity index (χ1) is 16.2. The van der Waals surface area contributed by atoms with Crippen molar-refractivity contribution in [3.63, 3.8) is 0 Å². The summed E-state index contributed by atoms with van der Waals surface area (Å²) in [6.45, 7) is 2.21. The van der Waals surface area contributed by atoms with E-state index in [1.807, 2.05) is 19.1 Å². The van der Waals surface area contributed by atoms with Gasteiger partial charge < -0.3 is 15.4 Å². The third-order valence-corrected chi connectivity index (χ3v) is 6.54. The SMILES string of the molecule is C[C@H](N=C/C(=C\N)C(=O)N1CCC[C@@]2(C1)OC(=O)Nc1ccc(Cl)c(F)c12)c1cccc(Cl)c1. The van der Waals surface area contributed by atoms with Gasteiger partial charge in [0.1, 0.15) is 0 Å². The molecule has 2 aliphatic heterocycles. The monoisotopic (exact) mass is 504 g/mol. The number of carbonyl (C=O) groups is 2. The maximum absolute atomic E-state index is 15.1. The number of nitrogens with one attached hydrogen (secondary N) is 1. The van der Waals surface area contributed by atoms with Gasteiger partial charge in [-0.1, -0.05) is 35.3 Å². The molecule has 34 heavy (non-hydrogen) atoms. The van der Waals surface area contributed by atoms with Crippen LogP contribution in [0.3, 0.4) is 0 Å². The third-order valence-electron chi connectivity index (χ3n) is 6.01. The summed E-state index contributed by atoms with van der Waals surface area (Å²) in [7, 11) is 0. The first kappa shape index (κ1) is 24.0. The number of benzene rings is 2. The van der Waals surface area contributed by atoms with Gasteiger partial charge in [-0.25, -0.2) is 9.18 Å². The van der Waals surface area contributed by atoms with Crippen molar-refractivity contribution in [2.75, 3.05) is 18.4 Å². The van der Waals surface area contributed by atoms with E-state index in [0.29, 0.717) is 24.4 Å². The average molecular weight is 505 g/mol. The summed E-state index contributed by atoms with van der Waals surface area (Å²) in [5.74, 6) is -1.08. The van der Waals surface area contributed by atoms with E-state index >= 15 is 4.39 Å². The van der Waals surface area contributed by atoms with Crippen molar-refractivity contribution < 1.29 is 18.7 Å². The number of rotatable bonds is 4. The number of anilines is 1. The van der Waals surface area contributed by atoms with Gasteiger partial charge in [-0.15, -0.1) is 0 Å². The highest BCUT2D eigenvalue weighted by Crippen LogP contribution is 2.45. The summed E-state index contributed by atoms with van der Waals surface area (Å²) < 4.78 is 20.7. The molecular formula is C24H23Cl2FN4O3. The second kappa shape index (κ2) is 9.64. The number of ether oxygens (including phenoxy) is 1. The van der Waals surface area contributed by atoms with E-state index in [2.05, 4.69) is 10.3 Å². The van der Waals surface area contributed by atoms with Crippen molar-refractivity contribution >= 4 is 47.1 Å². The number of halogens is 3. The normalized spacial score (nSPS) is 21.2. The predicted octanol–water partition coefficient (Wildman–Crippen LogP) is 5.19. The van der Waals surface area contributed by atoms with E-state index in [9.17, 15) is 9.59 Å². The van der Waals surface area contributed by atoms with E-state index in [1.54, 1.807) is 12.1 Å². The molecule has 1 saturated heterocycles. The van der Waals surface area contributed by atoms with E-state index in [4.69, 9.17) is 33.7 Å². The standard InChI is InChI=1S/C24H23Cl2FN4O3/c1-14(15-4-2-5-17(25)10-15)29-12-16(11-28)22(32)31-9-3-8-24(13-31)20-19(30-23(33)34-24)7-6-18(26)21(20)27/h2,4-7,10-12,14H,3,8-9,13,28H2,1H3,(H,30,33)/b16-11+,29-12?/t14-,24-/m0/s1. The molecule has 2 aliphatic rings. The summed E-state index contributed by atoms with van der Waals surface area (Å²) in [5, 5.41) is 3.00. The van der Waals surface area contributed by atoms with Crippen LogP contribution in [0.2, 0.25) is 10.0 Å². The minimum Gasteiger partial charge on any atom is -0.436 e. The lowest BCUT2D eigenvalue weighted by molar-refractivity contribution is -0.134. The molecule has 10 heteroatoms. The molecule has 2 heterocycles. The highest BCUT2D eigenvalue weighted by Gasteiger charge is 2.48. The number of amides is 2. The Labute approximate surface area is 206 Å².